The normalized spacial score (nSPS) is 15.7. The minimum atomic E-state index is -0.188. The lowest BCUT2D eigenvalue weighted by Gasteiger charge is -2.13. The van der Waals surface area contributed by atoms with Crippen LogP contribution in [0.1, 0.15) is 25.7 Å². The van der Waals surface area contributed by atoms with Gasteiger partial charge in [0, 0.05) is 11.7 Å². The topological polar surface area (TPSA) is 109 Å². The van der Waals surface area contributed by atoms with Crippen LogP contribution in [0, 0.1) is 0 Å². The van der Waals surface area contributed by atoms with E-state index in [1.54, 1.807) is 24.3 Å². The number of oxime groups is 1. The van der Waals surface area contributed by atoms with Crippen molar-refractivity contribution in [2.75, 3.05) is 11.9 Å². The van der Waals surface area contributed by atoms with E-state index in [2.05, 4.69) is 15.8 Å². The quantitative estimate of drug-likeness (QED) is 0.287. The van der Waals surface area contributed by atoms with Gasteiger partial charge in [0.2, 0.25) is 0 Å². The van der Waals surface area contributed by atoms with Crippen LogP contribution in [0.2, 0.25) is 0 Å². The molecule has 0 saturated heterocycles. The van der Waals surface area contributed by atoms with Gasteiger partial charge in [-0.05, 0) is 37.1 Å². The number of benzene rings is 1. The summed E-state index contributed by atoms with van der Waals surface area (Å²) in [6.45, 7) is 0.00540. The van der Waals surface area contributed by atoms with Crippen LogP contribution in [0.25, 0.3) is 0 Å². The van der Waals surface area contributed by atoms with Gasteiger partial charge in [0.15, 0.2) is 5.84 Å². The third-order valence-electron chi connectivity index (χ3n) is 3.32. The molecule has 1 saturated carbocycles. The average Bonchev–Trinajstić information content (AvgIpc) is 2.99. The maximum Gasteiger partial charge on any atom is 0.319 e. The van der Waals surface area contributed by atoms with Crippen molar-refractivity contribution in [3.63, 3.8) is 0 Å². The predicted molar refractivity (Wildman–Crippen MR) is 79.8 cm³/mol. The smallest absolute Gasteiger partial charge is 0.319 e. The summed E-state index contributed by atoms with van der Waals surface area (Å²) in [7, 11) is 0. The Kier molecular flexibility index (Phi) is 5.25. The molecular formula is C14H20N4O3. The molecule has 1 aromatic carbocycles. The summed E-state index contributed by atoms with van der Waals surface area (Å²) in [4.78, 5) is 11.8. The van der Waals surface area contributed by atoms with Gasteiger partial charge in [-0.1, -0.05) is 18.0 Å². The number of urea groups is 1. The van der Waals surface area contributed by atoms with Crippen LogP contribution in [0.15, 0.2) is 29.4 Å². The van der Waals surface area contributed by atoms with Gasteiger partial charge in [-0.2, -0.15) is 0 Å². The van der Waals surface area contributed by atoms with E-state index in [9.17, 15) is 4.79 Å². The Morgan fingerprint density at radius 2 is 2.00 bits per heavy atom. The van der Waals surface area contributed by atoms with Crippen molar-refractivity contribution < 1.29 is 14.7 Å². The molecule has 1 aliphatic rings. The van der Waals surface area contributed by atoms with Crippen LogP contribution in [0.3, 0.4) is 0 Å². The van der Waals surface area contributed by atoms with Crippen LogP contribution < -0.4 is 21.1 Å². The number of anilines is 1. The highest BCUT2D eigenvalue weighted by Gasteiger charge is 2.16. The Hall–Kier alpha value is -2.44. The van der Waals surface area contributed by atoms with E-state index in [0.29, 0.717) is 11.4 Å². The Morgan fingerprint density at radius 1 is 1.33 bits per heavy atom. The number of amidine groups is 1. The second-order valence-electron chi connectivity index (χ2n) is 4.98. The van der Waals surface area contributed by atoms with E-state index in [4.69, 9.17) is 15.7 Å². The van der Waals surface area contributed by atoms with E-state index >= 15 is 0 Å². The molecular weight excluding hydrogens is 272 g/mol. The number of carbonyl (C=O) groups excluding carboxylic acids is 1. The number of hydrogen-bond acceptors (Lipinski definition) is 4. The molecule has 0 atom stereocenters. The standard InChI is InChI=1S/C14H20N4O3/c15-13(18-20)9-21-12-7-5-11(6-8-12)17-14(19)16-10-3-1-2-4-10/h5-8,10,20H,1-4,9H2,(H2,15,18)(H2,16,17,19). The van der Waals surface area contributed by atoms with Crippen LogP contribution >= 0.6 is 0 Å². The number of rotatable bonds is 5. The monoisotopic (exact) mass is 292 g/mol. The number of hydrogen-bond donors (Lipinski definition) is 4. The third kappa shape index (κ3) is 4.87. The predicted octanol–water partition coefficient (Wildman–Crippen LogP) is 1.88. The molecule has 5 N–H and O–H groups in total. The molecule has 2 rings (SSSR count). The molecule has 2 amide bonds. The van der Waals surface area contributed by atoms with Gasteiger partial charge in [-0.25, -0.2) is 4.79 Å². The van der Waals surface area contributed by atoms with Gasteiger partial charge in [0.1, 0.15) is 12.4 Å². The molecule has 0 radical (unpaired) electrons. The fourth-order valence-electron chi connectivity index (χ4n) is 2.24. The SMILES string of the molecule is N/C(COc1ccc(NC(=O)NC2CCCC2)cc1)=N/O. The van der Waals surface area contributed by atoms with E-state index in [-0.39, 0.29) is 24.5 Å². The highest BCUT2D eigenvalue weighted by Crippen LogP contribution is 2.18. The average molecular weight is 292 g/mol. The molecule has 1 aromatic rings. The van der Waals surface area contributed by atoms with Gasteiger partial charge in [0.05, 0.1) is 0 Å². The Balaban J connectivity index is 1.79. The zero-order valence-electron chi connectivity index (χ0n) is 11.7. The minimum Gasteiger partial charge on any atom is -0.486 e. The first-order valence-corrected chi connectivity index (χ1v) is 6.94. The zero-order valence-corrected chi connectivity index (χ0v) is 11.7. The molecule has 0 bridgehead atoms. The summed E-state index contributed by atoms with van der Waals surface area (Å²) in [6.07, 6.45) is 4.45. The van der Waals surface area contributed by atoms with E-state index in [1.807, 2.05) is 0 Å². The molecule has 1 aliphatic carbocycles. The number of amides is 2. The minimum absolute atomic E-state index is 0.00540. The largest absolute Gasteiger partial charge is 0.486 e. The van der Waals surface area contributed by atoms with Gasteiger partial charge in [-0.3, -0.25) is 0 Å². The van der Waals surface area contributed by atoms with Gasteiger partial charge < -0.3 is 26.3 Å². The molecule has 0 unspecified atom stereocenters. The van der Waals surface area contributed by atoms with Crippen molar-refractivity contribution >= 4 is 17.6 Å². The fraction of sp³-hybridized carbons (Fsp3) is 0.429. The second kappa shape index (κ2) is 7.37. The first-order valence-electron chi connectivity index (χ1n) is 6.94. The molecule has 0 spiro atoms. The van der Waals surface area contributed by atoms with Crippen LogP contribution in [-0.4, -0.2) is 29.7 Å². The fourth-order valence-corrected chi connectivity index (χ4v) is 2.24. The van der Waals surface area contributed by atoms with Gasteiger partial charge in [0.25, 0.3) is 0 Å². The molecule has 21 heavy (non-hydrogen) atoms. The molecule has 1 fully saturated rings. The molecule has 114 valence electrons. The Morgan fingerprint density at radius 3 is 2.62 bits per heavy atom. The molecule has 7 nitrogen and oxygen atoms in total. The number of ether oxygens (including phenoxy) is 1. The Labute approximate surface area is 123 Å². The number of nitrogens with zero attached hydrogens (tertiary/aromatic N) is 1. The lowest BCUT2D eigenvalue weighted by atomic mass is 10.2. The summed E-state index contributed by atoms with van der Waals surface area (Å²) < 4.78 is 5.28. The van der Waals surface area contributed by atoms with E-state index in [0.717, 1.165) is 12.8 Å². The molecule has 0 aromatic heterocycles. The summed E-state index contributed by atoms with van der Waals surface area (Å²) in [5.41, 5.74) is 5.99. The van der Waals surface area contributed by atoms with E-state index < -0.39 is 0 Å². The van der Waals surface area contributed by atoms with Crippen molar-refractivity contribution in [1.29, 1.82) is 0 Å². The molecule has 0 aliphatic heterocycles. The second-order valence-corrected chi connectivity index (χ2v) is 4.98. The van der Waals surface area contributed by atoms with Crippen molar-refractivity contribution in [1.82, 2.24) is 5.32 Å². The number of nitrogens with one attached hydrogen (secondary N) is 2. The van der Waals surface area contributed by atoms with Crippen LogP contribution in [0.4, 0.5) is 10.5 Å². The first kappa shape index (κ1) is 15.0. The molecule has 7 heteroatoms. The van der Waals surface area contributed by atoms with E-state index in [1.165, 1.54) is 12.8 Å². The van der Waals surface area contributed by atoms with Crippen molar-refractivity contribution in [3.8, 4) is 5.75 Å². The van der Waals surface area contributed by atoms with Crippen LogP contribution in [0.5, 0.6) is 5.75 Å². The molecule has 0 heterocycles. The highest BCUT2D eigenvalue weighted by molar-refractivity contribution is 5.89. The summed E-state index contributed by atoms with van der Waals surface area (Å²) >= 11 is 0. The number of nitrogens with two attached hydrogens (primary N) is 1. The van der Waals surface area contributed by atoms with Crippen LogP contribution in [-0.2, 0) is 0 Å². The van der Waals surface area contributed by atoms with Crippen molar-refractivity contribution in [2.24, 2.45) is 10.9 Å². The third-order valence-corrected chi connectivity index (χ3v) is 3.32. The summed E-state index contributed by atoms with van der Waals surface area (Å²) in [5, 5.41) is 16.9. The Bertz CT molecular complexity index is 495. The lowest BCUT2D eigenvalue weighted by molar-refractivity contribution is 0.248. The first-order chi connectivity index (χ1) is 10.2. The summed E-state index contributed by atoms with van der Waals surface area (Å²) in [5.74, 6) is 0.566. The highest BCUT2D eigenvalue weighted by atomic mass is 16.5. The number of carbonyl (C=O) groups is 1. The van der Waals surface area contributed by atoms with Gasteiger partial charge in [-0.15, -0.1) is 0 Å². The maximum absolute atomic E-state index is 11.8. The zero-order chi connectivity index (χ0) is 15.1. The maximum atomic E-state index is 11.8. The van der Waals surface area contributed by atoms with Crippen molar-refractivity contribution in [2.45, 2.75) is 31.7 Å². The summed E-state index contributed by atoms with van der Waals surface area (Å²) in [6, 6.07) is 6.97. The lowest BCUT2D eigenvalue weighted by Crippen LogP contribution is -2.36. The van der Waals surface area contributed by atoms with Crippen molar-refractivity contribution in [3.05, 3.63) is 24.3 Å². The van der Waals surface area contributed by atoms with Gasteiger partial charge >= 0.3 is 6.03 Å².